The number of thioether (sulfide) groups is 1. The second kappa shape index (κ2) is 6.95. The average molecular weight is 302 g/mol. The van der Waals surface area contributed by atoms with E-state index in [1.54, 1.807) is 42.5 Å². The van der Waals surface area contributed by atoms with Crippen molar-refractivity contribution in [1.29, 1.82) is 0 Å². The molecule has 2 aromatic rings. The number of carbonyl (C=O) groups excluding carboxylic acids is 1. The van der Waals surface area contributed by atoms with Crippen LogP contribution in [0.5, 0.6) is 0 Å². The van der Waals surface area contributed by atoms with Crippen molar-refractivity contribution in [3.8, 4) is 0 Å². The lowest BCUT2D eigenvalue weighted by molar-refractivity contribution is 0.0599. The highest BCUT2D eigenvalue weighted by Gasteiger charge is 2.10. The van der Waals surface area contributed by atoms with Gasteiger partial charge in [0.15, 0.2) is 0 Å². The van der Waals surface area contributed by atoms with Crippen LogP contribution < -0.4 is 0 Å². The van der Waals surface area contributed by atoms with E-state index in [1.807, 2.05) is 6.07 Å². The Morgan fingerprint density at radius 2 is 1.90 bits per heavy atom. The van der Waals surface area contributed by atoms with Crippen molar-refractivity contribution in [2.75, 3.05) is 7.11 Å². The summed E-state index contributed by atoms with van der Waals surface area (Å²) in [6.45, 7) is 0. The van der Waals surface area contributed by atoms with E-state index >= 15 is 0 Å². The van der Waals surface area contributed by atoms with Crippen LogP contribution >= 0.6 is 11.8 Å². The molecular weight excluding hydrogens is 288 g/mol. The quantitative estimate of drug-likeness (QED) is 0.677. The smallest absolute Gasteiger partial charge is 0.337 e. The monoisotopic (exact) mass is 302 g/mol. The van der Waals surface area contributed by atoms with Crippen molar-refractivity contribution in [1.82, 2.24) is 0 Å². The molecule has 21 heavy (non-hydrogen) atoms. The number of carbonyl (C=O) groups is 2. The first-order chi connectivity index (χ1) is 10.1. The summed E-state index contributed by atoms with van der Waals surface area (Å²) in [4.78, 5) is 23.3. The van der Waals surface area contributed by atoms with Gasteiger partial charge in [0.25, 0.3) is 0 Å². The number of carboxylic acid groups (broad SMARTS) is 1. The van der Waals surface area contributed by atoms with Crippen molar-refractivity contribution in [2.24, 2.45) is 0 Å². The molecule has 0 fully saturated rings. The maximum absolute atomic E-state index is 11.5. The highest BCUT2D eigenvalue weighted by atomic mass is 32.2. The Hall–Kier alpha value is -2.27. The fourth-order valence-electron chi connectivity index (χ4n) is 1.84. The standard InChI is InChI=1S/C16H14O4S/c1-20-16(19)12-6-4-5-11(9-12)10-21-14-8-3-2-7-13(14)15(17)18/h2-9H,10H2,1H3,(H,17,18). The largest absolute Gasteiger partial charge is 0.478 e. The molecule has 0 aliphatic rings. The number of esters is 1. The van der Waals surface area contributed by atoms with Gasteiger partial charge in [0.2, 0.25) is 0 Å². The molecule has 4 nitrogen and oxygen atoms in total. The SMILES string of the molecule is COC(=O)c1cccc(CSc2ccccc2C(=O)O)c1. The van der Waals surface area contributed by atoms with E-state index in [0.29, 0.717) is 16.2 Å². The summed E-state index contributed by atoms with van der Waals surface area (Å²) >= 11 is 1.42. The third-order valence-electron chi connectivity index (χ3n) is 2.86. The van der Waals surface area contributed by atoms with Crippen molar-refractivity contribution < 1.29 is 19.4 Å². The molecule has 0 bridgehead atoms. The molecule has 0 aliphatic carbocycles. The maximum Gasteiger partial charge on any atom is 0.337 e. The summed E-state index contributed by atoms with van der Waals surface area (Å²) in [5.41, 5.74) is 1.71. The lowest BCUT2D eigenvalue weighted by Gasteiger charge is -2.07. The number of hydrogen-bond acceptors (Lipinski definition) is 4. The second-order valence-electron chi connectivity index (χ2n) is 4.28. The van der Waals surface area contributed by atoms with Crippen LogP contribution in [0.15, 0.2) is 53.4 Å². The molecule has 0 unspecified atom stereocenters. The molecule has 108 valence electrons. The van der Waals surface area contributed by atoms with Gasteiger partial charge in [-0.15, -0.1) is 11.8 Å². The lowest BCUT2D eigenvalue weighted by atomic mass is 10.1. The van der Waals surface area contributed by atoms with Gasteiger partial charge < -0.3 is 9.84 Å². The number of aromatic carboxylic acids is 1. The topological polar surface area (TPSA) is 63.6 Å². The van der Waals surface area contributed by atoms with E-state index < -0.39 is 5.97 Å². The average Bonchev–Trinajstić information content (AvgIpc) is 2.52. The Kier molecular flexibility index (Phi) is 5.00. The molecule has 0 atom stereocenters. The molecule has 1 N–H and O–H groups in total. The van der Waals surface area contributed by atoms with Crippen LogP contribution in [-0.4, -0.2) is 24.2 Å². The Balaban J connectivity index is 2.14. The Labute approximate surface area is 126 Å². The summed E-state index contributed by atoms with van der Waals surface area (Å²) in [5, 5.41) is 9.14. The first-order valence-electron chi connectivity index (χ1n) is 6.24. The van der Waals surface area contributed by atoms with Crippen LogP contribution in [0.4, 0.5) is 0 Å². The Bertz CT molecular complexity index is 667. The fourth-order valence-corrected chi connectivity index (χ4v) is 2.82. The van der Waals surface area contributed by atoms with Crippen LogP contribution in [0.25, 0.3) is 0 Å². The van der Waals surface area contributed by atoms with Gasteiger partial charge in [-0.1, -0.05) is 24.3 Å². The highest BCUT2D eigenvalue weighted by molar-refractivity contribution is 7.98. The van der Waals surface area contributed by atoms with Crippen molar-refractivity contribution in [3.05, 3.63) is 65.2 Å². The van der Waals surface area contributed by atoms with E-state index in [1.165, 1.54) is 18.9 Å². The van der Waals surface area contributed by atoms with Crippen molar-refractivity contribution in [2.45, 2.75) is 10.6 Å². The molecule has 0 saturated carbocycles. The highest BCUT2D eigenvalue weighted by Crippen LogP contribution is 2.26. The maximum atomic E-state index is 11.5. The summed E-state index contributed by atoms with van der Waals surface area (Å²) < 4.78 is 4.68. The summed E-state index contributed by atoms with van der Waals surface area (Å²) in [5.74, 6) is -0.746. The number of carboxylic acids is 1. The zero-order chi connectivity index (χ0) is 15.2. The van der Waals surface area contributed by atoms with Gasteiger partial charge in [-0.3, -0.25) is 0 Å². The summed E-state index contributed by atoms with van der Waals surface area (Å²) in [6.07, 6.45) is 0. The van der Waals surface area contributed by atoms with Crippen LogP contribution in [0.3, 0.4) is 0 Å². The molecule has 0 saturated heterocycles. The van der Waals surface area contributed by atoms with Gasteiger partial charge in [0.1, 0.15) is 0 Å². The predicted molar refractivity (Wildman–Crippen MR) is 80.7 cm³/mol. The minimum Gasteiger partial charge on any atom is -0.478 e. The molecular formula is C16H14O4S. The normalized spacial score (nSPS) is 10.1. The molecule has 0 heterocycles. The second-order valence-corrected chi connectivity index (χ2v) is 5.30. The van der Waals surface area contributed by atoms with Gasteiger partial charge >= 0.3 is 11.9 Å². The predicted octanol–water partition coefficient (Wildman–Crippen LogP) is 3.46. The van der Waals surface area contributed by atoms with Crippen LogP contribution in [0, 0.1) is 0 Å². The van der Waals surface area contributed by atoms with Crippen molar-refractivity contribution >= 4 is 23.7 Å². The molecule has 5 heteroatoms. The third kappa shape index (κ3) is 3.86. The van der Waals surface area contributed by atoms with Gasteiger partial charge in [-0.25, -0.2) is 9.59 Å². The lowest BCUT2D eigenvalue weighted by Crippen LogP contribution is -2.01. The molecule has 2 rings (SSSR count). The van der Waals surface area contributed by atoms with Crippen molar-refractivity contribution in [3.63, 3.8) is 0 Å². The third-order valence-corrected chi connectivity index (χ3v) is 4.00. The summed E-state index contributed by atoms with van der Waals surface area (Å²) in [6, 6.07) is 14.0. The van der Waals surface area contributed by atoms with E-state index in [-0.39, 0.29) is 11.5 Å². The van der Waals surface area contributed by atoms with Gasteiger partial charge in [0, 0.05) is 10.6 Å². The zero-order valence-electron chi connectivity index (χ0n) is 11.4. The molecule has 0 amide bonds. The van der Waals surface area contributed by atoms with Crippen LogP contribution in [0.1, 0.15) is 26.3 Å². The minimum atomic E-state index is -0.943. The van der Waals surface area contributed by atoms with E-state index in [9.17, 15) is 9.59 Å². The summed E-state index contributed by atoms with van der Waals surface area (Å²) in [7, 11) is 1.34. The Morgan fingerprint density at radius 1 is 1.14 bits per heavy atom. The first kappa shape index (κ1) is 15.1. The fraction of sp³-hybridized carbons (Fsp3) is 0.125. The van der Waals surface area contributed by atoms with E-state index in [4.69, 9.17) is 5.11 Å². The van der Waals surface area contributed by atoms with E-state index in [2.05, 4.69) is 4.74 Å². The molecule has 0 spiro atoms. The number of rotatable bonds is 5. The van der Waals surface area contributed by atoms with Gasteiger partial charge in [0.05, 0.1) is 18.2 Å². The molecule has 2 aromatic carbocycles. The minimum absolute atomic E-state index is 0.284. The van der Waals surface area contributed by atoms with Crippen LogP contribution in [-0.2, 0) is 10.5 Å². The number of ether oxygens (including phenoxy) is 1. The molecule has 0 aromatic heterocycles. The molecule has 0 radical (unpaired) electrons. The Morgan fingerprint density at radius 3 is 2.62 bits per heavy atom. The zero-order valence-corrected chi connectivity index (χ0v) is 12.2. The first-order valence-corrected chi connectivity index (χ1v) is 7.22. The number of benzene rings is 2. The van der Waals surface area contributed by atoms with Crippen LogP contribution in [0.2, 0.25) is 0 Å². The van der Waals surface area contributed by atoms with Gasteiger partial charge in [-0.05, 0) is 29.8 Å². The number of hydrogen-bond donors (Lipinski definition) is 1. The van der Waals surface area contributed by atoms with E-state index in [0.717, 1.165) is 5.56 Å². The number of methoxy groups -OCH3 is 1. The van der Waals surface area contributed by atoms with Gasteiger partial charge in [-0.2, -0.15) is 0 Å². The molecule has 0 aliphatic heterocycles.